The molecular formula is C10H10ClN3O. The van der Waals surface area contributed by atoms with Crippen LogP contribution in [0.3, 0.4) is 0 Å². The van der Waals surface area contributed by atoms with Gasteiger partial charge in [0, 0.05) is 11.6 Å². The third-order valence-electron chi connectivity index (χ3n) is 2.03. The van der Waals surface area contributed by atoms with Crippen molar-refractivity contribution in [3.8, 4) is 0 Å². The minimum atomic E-state index is -0.164. The Balaban J connectivity index is 1.99. The second-order valence-corrected chi connectivity index (χ2v) is 3.65. The van der Waals surface area contributed by atoms with E-state index in [0.717, 1.165) is 10.6 Å². The van der Waals surface area contributed by atoms with Crippen LogP contribution in [0.25, 0.3) is 0 Å². The topological polar surface area (TPSA) is 48.2 Å². The first-order valence-electron chi connectivity index (χ1n) is 4.50. The Bertz CT molecular complexity index is 400. The molecule has 0 aliphatic carbocycles. The van der Waals surface area contributed by atoms with Crippen LogP contribution in [0, 0.1) is 0 Å². The molecule has 0 unspecified atom stereocenters. The summed E-state index contributed by atoms with van der Waals surface area (Å²) >= 11 is 5.78. The third kappa shape index (κ3) is 2.70. The predicted octanol–water partition coefficient (Wildman–Crippen LogP) is 2.06. The lowest BCUT2D eigenvalue weighted by atomic mass is 10.2. The van der Waals surface area contributed by atoms with Gasteiger partial charge in [0.15, 0.2) is 0 Å². The van der Waals surface area contributed by atoms with Crippen LogP contribution >= 0.6 is 11.6 Å². The zero-order valence-electron chi connectivity index (χ0n) is 7.97. The molecule has 0 radical (unpaired) electrons. The summed E-state index contributed by atoms with van der Waals surface area (Å²) in [5.41, 5.74) is 1.13. The Morgan fingerprint density at radius 3 is 2.67 bits per heavy atom. The molecule has 2 rings (SSSR count). The average Bonchev–Trinajstić information content (AvgIpc) is 2.25. The summed E-state index contributed by atoms with van der Waals surface area (Å²) < 4.78 is 0. The number of aliphatic hydroxyl groups is 1. The smallest absolute Gasteiger partial charge is 0.312 e. The first-order valence-corrected chi connectivity index (χ1v) is 4.88. The molecule has 1 N–H and O–H groups in total. The molecule has 0 bridgehead atoms. The van der Waals surface area contributed by atoms with Crippen LogP contribution in [0.4, 0.5) is 0 Å². The van der Waals surface area contributed by atoms with E-state index in [1.165, 1.54) is 0 Å². The van der Waals surface area contributed by atoms with Gasteiger partial charge >= 0.3 is 6.02 Å². The Kier molecular flexibility index (Phi) is 2.87. The lowest BCUT2D eigenvalue weighted by Crippen LogP contribution is -2.26. The molecule has 78 valence electrons. The summed E-state index contributed by atoms with van der Waals surface area (Å²) in [5.74, 6) is 0. The first-order chi connectivity index (χ1) is 7.24. The summed E-state index contributed by atoms with van der Waals surface area (Å²) in [7, 11) is 0. The first kappa shape index (κ1) is 9.98. The zero-order valence-corrected chi connectivity index (χ0v) is 8.72. The van der Waals surface area contributed by atoms with E-state index in [1.807, 2.05) is 29.2 Å². The van der Waals surface area contributed by atoms with Crippen LogP contribution in [-0.4, -0.2) is 29.0 Å². The standard InChI is InChI=1S/C10H10ClN3O/c11-9-3-1-8(2-4-9)5-14-6-12-10(15)13-7-14/h1-4,6H,5,7H2,(H,13,15). The lowest BCUT2D eigenvalue weighted by molar-refractivity contribution is 0.417. The maximum absolute atomic E-state index is 8.94. The van der Waals surface area contributed by atoms with E-state index in [1.54, 1.807) is 6.34 Å². The fourth-order valence-electron chi connectivity index (χ4n) is 1.28. The van der Waals surface area contributed by atoms with Crippen molar-refractivity contribution in [3.05, 3.63) is 34.9 Å². The number of amidine groups is 1. The van der Waals surface area contributed by atoms with Crippen LogP contribution in [0.2, 0.25) is 5.02 Å². The largest absolute Gasteiger partial charge is 0.479 e. The van der Waals surface area contributed by atoms with Crippen LogP contribution in [0.15, 0.2) is 34.3 Å². The van der Waals surface area contributed by atoms with Crippen molar-refractivity contribution in [1.29, 1.82) is 0 Å². The minimum absolute atomic E-state index is 0.164. The normalized spacial score (nSPS) is 15.3. The van der Waals surface area contributed by atoms with Gasteiger partial charge in [0.05, 0.1) is 6.34 Å². The summed E-state index contributed by atoms with van der Waals surface area (Å²) in [6.45, 7) is 1.13. The molecule has 1 aliphatic rings. The molecule has 0 atom stereocenters. The molecule has 1 aliphatic heterocycles. The second-order valence-electron chi connectivity index (χ2n) is 3.22. The summed E-state index contributed by atoms with van der Waals surface area (Å²) in [4.78, 5) is 9.40. The van der Waals surface area contributed by atoms with Gasteiger partial charge in [-0.3, -0.25) is 0 Å². The maximum atomic E-state index is 8.94. The van der Waals surface area contributed by atoms with E-state index in [4.69, 9.17) is 16.7 Å². The van der Waals surface area contributed by atoms with Crippen LogP contribution < -0.4 is 0 Å². The van der Waals surface area contributed by atoms with Crippen molar-refractivity contribution in [2.45, 2.75) is 6.54 Å². The molecule has 0 spiro atoms. The molecule has 5 heteroatoms. The van der Waals surface area contributed by atoms with Gasteiger partial charge in [0.1, 0.15) is 6.67 Å². The maximum Gasteiger partial charge on any atom is 0.312 e. The van der Waals surface area contributed by atoms with Crippen molar-refractivity contribution in [2.24, 2.45) is 9.98 Å². The van der Waals surface area contributed by atoms with Crippen LogP contribution in [0.1, 0.15) is 5.56 Å². The number of nitrogens with zero attached hydrogens (tertiary/aromatic N) is 3. The molecule has 15 heavy (non-hydrogen) atoms. The molecule has 4 nitrogen and oxygen atoms in total. The molecule has 0 saturated heterocycles. The number of hydrogen-bond acceptors (Lipinski definition) is 3. The molecule has 1 aromatic carbocycles. The predicted molar refractivity (Wildman–Crippen MR) is 60.4 cm³/mol. The molecule has 0 aromatic heterocycles. The van der Waals surface area contributed by atoms with Gasteiger partial charge in [-0.25, -0.2) is 4.99 Å². The summed E-state index contributed by atoms with van der Waals surface area (Å²) in [5, 5.41) is 9.66. The van der Waals surface area contributed by atoms with Gasteiger partial charge in [-0.1, -0.05) is 23.7 Å². The molecule has 0 fully saturated rings. The zero-order chi connectivity index (χ0) is 10.7. The molecule has 1 aromatic rings. The fourth-order valence-corrected chi connectivity index (χ4v) is 1.41. The van der Waals surface area contributed by atoms with Crippen molar-refractivity contribution < 1.29 is 5.11 Å². The average molecular weight is 224 g/mol. The molecular weight excluding hydrogens is 214 g/mol. The number of benzene rings is 1. The van der Waals surface area contributed by atoms with Crippen LogP contribution in [0.5, 0.6) is 0 Å². The monoisotopic (exact) mass is 223 g/mol. The number of rotatable bonds is 2. The van der Waals surface area contributed by atoms with E-state index < -0.39 is 0 Å². The molecule has 0 amide bonds. The van der Waals surface area contributed by atoms with Gasteiger partial charge in [-0.15, -0.1) is 0 Å². The van der Waals surface area contributed by atoms with Crippen molar-refractivity contribution >= 4 is 24.0 Å². The van der Waals surface area contributed by atoms with Crippen molar-refractivity contribution in [1.82, 2.24) is 4.90 Å². The van der Waals surface area contributed by atoms with E-state index in [-0.39, 0.29) is 6.02 Å². The Morgan fingerprint density at radius 1 is 1.33 bits per heavy atom. The van der Waals surface area contributed by atoms with Gasteiger partial charge in [-0.2, -0.15) is 4.99 Å². The highest BCUT2D eigenvalue weighted by Crippen LogP contribution is 2.11. The van der Waals surface area contributed by atoms with E-state index >= 15 is 0 Å². The van der Waals surface area contributed by atoms with E-state index in [2.05, 4.69) is 9.98 Å². The van der Waals surface area contributed by atoms with Crippen molar-refractivity contribution in [3.63, 3.8) is 0 Å². The highest BCUT2D eigenvalue weighted by Gasteiger charge is 2.06. The van der Waals surface area contributed by atoms with E-state index in [9.17, 15) is 0 Å². The third-order valence-corrected chi connectivity index (χ3v) is 2.28. The number of aliphatic imine (C=N–C) groups is 2. The van der Waals surface area contributed by atoms with E-state index in [0.29, 0.717) is 13.2 Å². The SMILES string of the molecule is OC1=NCN(Cc2ccc(Cl)cc2)C=N1. The highest BCUT2D eigenvalue weighted by atomic mass is 35.5. The van der Waals surface area contributed by atoms with Gasteiger partial charge in [-0.05, 0) is 17.7 Å². The summed E-state index contributed by atoms with van der Waals surface area (Å²) in [6.07, 6.45) is 1.58. The van der Waals surface area contributed by atoms with Gasteiger partial charge < -0.3 is 10.0 Å². The Labute approximate surface area is 92.5 Å². The lowest BCUT2D eigenvalue weighted by Gasteiger charge is -2.19. The molecule has 0 saturated carbocycles. The fraction of sp³-hybridized carbons (Fsp3) is 0.200. The molecule has 1 heterocycles. The number of halogens is 1. The number of hydrogen-bond donors (Lipinski definition) is 1. The van der Waals surface area contributed by atoms with Gasteiger partial charge in [0.2, 0.25) is 0 Å². The number of aliphatic hydroxyl groups excluding tert-OH is 1. The van der Waals surface area contributed by atoms with Crippen LogP contribution in [-0.2, 0) is 6.54 Å². The van der Waals surface area contributed by atoms with Gasteiger partial charge in [0.25, 0.3) is 0 Å². The summed E-state index contributed by atoms with van der Waals surface area (Å²) in [6, 6.07) is 7.43. The Hall–Kier alpha value is -1.55. The van der Waals surface area contributed by atoms with Crippen molar-refractivity contribution in [2.75, 3.05) is 6.67 Å². The highest BCUT2D eigenvalue weighted by molar-refractivity contribution is 6.30. The second kappa shape index (κ2) is 4.31. The Morgan fingerprint density at radius 2 is 2.07 bits per heavy atom. The minimum Gasteiger partial charge on any atom is -0.479 e. The quantitative estimate of drug-likeness (QED) is 0.834.